The number of ketones is 1. The largest absolute Gasteiger partial charge is 0.394 e. The van der Waals surface area contributed by atoms with Gasteiger partial charge in [0, 0.05) is 37.6 Å². The van der Waals surface area contributed by atoms with E-state index < -0.39 is 6.04 Å². The van der Waals surface area contributed by atoms with Gasteiger partial charge in [0.15, 0.2) is 5.78 Å². The van der Waals surface area contributed by atoms with Crippen LogP contribution in [0, 0.1) is 0 Å². The van der Waals surface area contributed by atoms with Gasteiger partial charge in [-0.1, -0.05) is 30.3 Å². The van der Waals surface area contributed by atoms with Gasteiger partial charge < -0.3 is 20.3 Å². The smallest absolute Gasteiger partial charge is 0.268 e. The molecule has 0 aliphatic heterocycles. The maximum absolute atomic E-state index is 12.4. The number of aliphatic hydroxyl groups excluding tert-OH is 1. The molecule has 1 heterocycles. The van der Waals surface area contributed by atoms with Gasteiger partial charge in [0.2, 0.25) is 0 Å². The van der Waals surface area contributed by atoms with E-state index in [9.17, 15) is 14.7 Å². The Labute approximate surface area is 147 Å². The number of amides is 1. The topological polar surface area (TPSA) is 85.4 Å². The number of Topliss-reactive ketones (excluding diaryl/α,β-unsaturated/α-hetero) is 1. The van der Waals surface area contributed by atoms with Crippen LogP contribution in [0.15, 0.2) is 54.4 Å². The van der Waals surface area contributed by atoms with Crippen molar-refractivity contribution in [2.24, 2.45) is 0 Å². The first-order valence-electron chi connectivity index (χ1n) is 7.97. The summed E-state index contributed by atoms with van der Waals surface area (Å²) in [6.07, 6.45) is 3.24. The monoisotopic (exact) mass is 341 g/mol. The van der Waals surface area contributed by atoms with E-state index in [4.69, 9.17) is 0 Å². The average Bonchev–Trinajstić information content (AvgIpc) is 3.09. The quantitative estimate of drug-likeness (QED) is 0.532. The first kappa shape index (κ1) is 18.5. The number of aromatic amines is 1. The van der Waals surface area contributed by atoms with Gasteiger partial charge in [0.1, 0.15) is 5.69 Å². The summed E-state index contributed by atoms with van der Waals surface area (Å²) < 4.78 is 0. The number of benzene rings is 1. The number of aromatic nitrogens is 1. The van der Waals surface area contributed by atoms with Crippen LogP contribution in [0.5, 0.6) is 0 Å². The number of carbonyl (C=O) groups excluding carboxylic acids is 2. The highest BCUT2D eigenvalue weighted by Crippen LogP contribution is 2.14. The van der Waals surface area contributed by atoms with E-state index in [0.29, 0.717) is 11.1 Å². The Bertz CT molecular complexity index is 763. The molecule has 1 aromatic carbocycles. The van der Waals surface area contributed by atoms with Crippen molar-refractivity contribution in [1.82, 2.24) is 15.2 Å². The van der Waals surface area contributed by atoms with Crippen molar-refractivity contribution in [2.75, 3.05) is 20.7 Å². The van der Waals surface area contributed by atoms with Crippen LogP contribution in [0.2, 0.25) is 0 Å². The van der Waals surface area contributed by atoms with Crippen molar-refractivity contribution in [3.63, 3.8) is 0 Å². The standard InChI is InChI=1S/C19H23N3O3/c1-13(11-22(2)3)18(24)15-9-16(20-10-15)19(25)21-17(12-23)14-7-5-4-6-8-14/h4-11,17,20,23H,12H2,1-3H3,(H,21,25)/b13-11-. The van der Waals surface area contributed by atoms with Gasteiger partial charge in [-0.25, -0.2) is 0 Å². The van der Waals surface area contributed by atoms with Gasteiger partial charge in [0.25, 0.3) is 5.91 Å². The summed E-state index contributed by atoms with van der Waals surface area (Å²) in [5.74, 6) is -0.526. The minimum atomic E-state index is -0.508. The normalized spacial score (nSPS) is 12.6. The molecule has 0 radical (unpaired) electrons. The molecule has 1 aromatic heterocycles. The number of nitrogens with one attached hydrogen (secondary N) is 2. The zero-order chi connectivity index (χ0) is 18.4. The fourth-order valence-corrected chi connectivity index (χ4v) is 2.49. The predicted molar refractivity (Wildman–Crippen MR) is 96.3 cm³/mol. The predicted octanol–water partition coefficient (Wildman–Crippen LogP) is 2.13. The second kappa shape index (κ2) is 8.30. The molecule has 0 fully saturated rings. The van der Waals surface area contributed by atoms with Crippen molar-refractivity contribution in [3.05, 3.63) is 71.2 Å². The summed E-state index contributed by atoms with van der Waals surface area (Å²) >= 11 is 0. The molecule has 6 nitrogen and oxygen atoms in total. The molecule has 1 unspecified atom stereocenters. The number of carbonyl (C=O) groups is 2. The summed E-state index contributed by atoms with van der Waals surface area (Å²) in [5, 5.41) is 12.3. The maximum atomic E-state index is 12.4. The number of nitrogens with zero attached hydrogens (tertiary/aromatic N) is 1. The molecule has 0 spiro atoms. The van der Waals surface area contributed by atoms with Gasteiger partial charge in [-0.15, -0.1) is 0 Å². The Morgan fingerprint density at radius 1 is 1.28 bits per heavy atom. The van der Waals surface area contributed by atoms with E-state index in [1.807, 2.05) is 44.4 Å². The molecule has 1 atom stereocenters. The van der Waals surface area contributed by atoms with Crippen molar-refractivity contribution in [1.29, 1.82) is 0 Å². The van der Waals surface area contributed by atoms with Gasteiger partial charge >= 0.3 is 0 Å². The minimum Gasteiger partial charge on any atom is -0.394 e. The maximum Gasteiger partial charge on any atom is 0.268 e. The molecule has 0 aliphatic rings. The Kier molecular flexibility index (Phi) is 6.14. The summed E-state index contributed by atoms with van der Waals surface area (Å²) in [6.45, 7) is 1.51. The SMILES string of the molecule is C/C(=C/N(C)C)C(=O)c1c[nH]c(C(=O)NC(CO)c2ccccc2)c1. The lowest BCUT2D eigenvalue weighted by Crippen LogP contribution is -2.31. The molecule has 25 heavy (non-hydrogen) atoms. The van der Waals surface area contributed by atoms with Crippen LogP contribution in [0.3, 0.4) is 0 Å². The molecule has 2 aromatic rings. The molecule has 2 rings (SSSR count). The minimum absolute atomic E-state index is 0.147. The zero-order valence-electron chi connectivity index (χ0n) is 14.6. The highest BCUT2D eigenvalue weighted by atomic mass is 16.3. The van der Waals surface area contributed by atoms with E-state index in [1.54, 1.807) is 18.0 Å². The summed E-state index contributed by atoms with van der Waals surface area (Å²) in [7, 11) is 3.68. The molecular formula is C19H23N3O3. The summed E-state index contributed by atoms with van der Waals surface area (Å²) in [6, 6.07) is 10.2. The van der Waals surface area contributed by atoms with Crippen molar-refractivity contribution >= 4 is 11.7 Å². The Morgan fingerprint density at radius 2 is 1.96 bits per heavy atom. The first-order valence-corrected chi connectivity index (χ1v) is 7.97. The number of aliphatic hydroxyl groups is 1. The lowest BCUT2D eigenvalue weighted by atomic mass is 10.1. The van der Waals surface area contributed by atoms with Crippen LogP contribution in [0.25, 0.3) is 0 Å². The number of H-pyrrole nitrogens is 1. The molecule has 3 N–H and O–H groups in total. The second-order valence-corrected chi connectivity index (χ2v) is 6.03. The number of hydrogen-bond acceptors (Lipinski definition) is 4. The van der Waals surface area contributed by atoms with E-state index in [0.717, 1.165) is 5.56 Å². The lowest BCUT2D eigenvalue weighted by Gasteiger charge is -2.16. The van der Waals surface area contributed by atoms with Crippen molar-refractivity contribution in [2.45, 2.75) is 13.0 Å². The Morgan fingerprint density at radius 3 is 2.56 bits per heavy atom. The van der Waals surface area contributed by atoms with Crippen molar-refractivity contribution in [3.8, 4) is 0 Å². The van der Waals surface area contributed by atoms with Crippen LogP contribution < -0.4 is 5.32 Å². The second-order valence-electron chi connectivity index (χ2n) is 6.03. The van der Waals surface area contributed by atoms with Gasteiger partial charge in [0.05, 0.1) is 12.6 Å². The molecule has 1 amide bonds. The van der Waals surface area contributed by atoms with Gasteiger partial charge in [-0.3, -0.25) is 9.59 Å². The van der Waals surface area contributed by atoms with Crippen molar-refractivity contribution < 1.29 is 14.7 Å². The average molecular weight is 341 g/mol. The van der Waals surface area contributed by atoms with Gasteiger partial charge in [-0.05, 0) is 18.6 Å². The lowest BCUT2D eigenvalue weighted by molar-refractivity contribution is 0.0911. The molecule has 0 aliphatic carbocycles. The van der Waals surface area contributed by atoms with Crippen LogP contribution in [0.4, 0.5) is 0 Å². The fourth-order valence-electron chi connectivity index (χ4n) is 2.49. The van der Waals surface area contributed by atoms with E-state index >= 15 is 0 Å². The molecule has 6 heteroatoms. The van der Waals surface area contributed by atoms with E-state index in [-0.39, 0.29) is 24.0 Å². The molecule has 0 bridgehead atoms. The Hall–Kier alpha value is -2.86. The van der Waals surface area contributed by atoms with Crippen LogP contribution in [-0.4, -0.2) is 47.4 Å². The fraction of sp³-hybridized carbons (Fsp3) is 0.263. The van der Waals surface area contributed by atoms with Crippen LogP contribution >= 0.6 is 0 Å². The van der Waals surface area contributed by atoms with Gasteiger partial charge in [-0.2, -0.15) is 0 Å². The van der Waals surface area contributed by atoms with E-state index in [2.05, 4.69) is 10.3 Å². The first-order chi connectivity index (χ1) is 11.9. The zero-order valence-corrected chi connectivity index (χ0v) is 14.6. The molecule has 0 saturated carbocycles. The summed E-state index contributed by atoms with van der Waals surface area (Å²) in [5.41, 5.74) is 2.08. The third-order valence-corrected chi connectivity index (χ3v) is 3.69. The summed E-state index contributed by atoms with van der Waals surface area (Å²) in [4.78, 5) is 29.3. The Balaban J connectivity index is 2.11. The van der Waals surface area contributed by atoms with Crippen LogP contribution in [0.1, 0.15) is 39.4 Å². The molecular weight excluding hydrogens is 318 g/mol. The van der Waals surface area contributed by atoms with Crippen LogP contribution in [-0.2, 0) is 0 Å². The molecule has 0 saturated heterocycles. The highest BCUT2D eigenvalue weighted by Gasteiger charge is 2.18. The molecule has 132 valence electrons. The third-order valence-electron chi connectivity index (χ3n) is 3.69. The number of allylic oxidation sites excluding steroid dienone is 1. The highest BCUT2D eigenvalue weighted by molar-refractivity contribution is 6.09. The number of hydrogen-bond donors (Lipinski definition) is 3. The van der Waals surface area contributed by atoms with E-state index in [1.165, 1.54) is 12.3 Å². The number of rotatable bonds is 7. The third kappa shape index (κ3) is 4.81.